The van der Waals surface area contributed by atoms with Crippen LogP contribution < -0.4 is 4.74 Å². The average molecular weight is 539 g/mol. The maximum atomic E-state index is 9.33. The summed E-state index contributed by atoms with van der Waals surface area (Å²) in [6.45, 7) is 17.9. The Morgan fingerprint density at radius 1 is 0.857 bits per heavy atom. The number of hydrogen-bond acceptors (Lipinski definition) is 10. The number of aromatic nitrogens is 1. The van der Waals surface area contributed by atoms with E-state index < -0.39 is 0 Å². The molecule has 0 amide bonds. The van der Waals surface area contributed by atoms with Gasteiger partial charge in [-0.2, -0.15) is 0 Å². The topological polar surface area (TPSA) is 93.5 Å². The van der Waals surface area contributed by atoms with Gasteiger partial charge in [-0.1, -0.05) is 49.3 Å². The summed E-state index contributed by atoms with van der Waals surface area (Å²) in [4.78, 5) is 6.46. The van der Waals surface area contributed by atoms with Gasteiger partial charge in [-0.25, -0.2) is 0 Å². The first kappa shape index (κ1) is 36.6. The summed E-state index contributed by atoms with van der Waals surface area (Å²) in [6.07, 6.45) is 2.09. The highest BCUT2D eigenvalue weighted by Gasteiger charge is 2.22. The van der Waals surface area contributed by atoms with Crippen LogP contribution in [-0.2, 0) is 27.4 Å². The molecule has 1 aromatic heterocycles. The van der Waals surface area contributed by atoms with Gasteiger partial charge in [-0.05, 0) is 20.1 Å². The molecule has 1 heterocycles. The molecule has 0 aliphatic heterocycles. The first-order valence-corrected chi connectivity index (χ1v) is 14.9. The Balaban J connectivity index is 0. The Morgan fingerprint density at radius 3 is 1.89 bits per heavy atom. The molecule has 0 aliphatic carbocycles. The van der Waals surface area contributed by atoms with Crippen LogP contribution in [0.25, 0.3) is 0 Å². The molecule has 0 unspecified atom stereocenters. The Labute approximate surface area is 221 Å². The van der Waals surface area contributed by atoms with E-state index in [0.717, 1.165) is 19.6 Å². The number of pyridine rings is 1. The minimum Gasteiger partial charge on any atom is -0.492 e. The number of aliphatic hydroxyl groups excluding tert-OH is 2. The summed E-state index contributed by atoms with van der Waals surface area (Å²) in [5.41, 5.74) is 0.967. The zero-order valence-corrected chi connectivity index (χ0v) is 24.8. The van der Waals surface area contributed by atoms with Crippen LogP contribution in [0.4, 0.5) is 0 Å². The Bertz CT molecular complexity index is 575. The lowest BCUT2D eigenvalue weighted by Gasteiger charge is -2.31. The normalized spacial score (nSPS) is 10.9. The average Bonchev–Trinajstić information content (AvgIpc) is 2.87. The van der Waals surface area contributed by atoms with Gasteiger partial charge in [0.25, 0.3) is 0 Å². The molecule has 10 heteroatoms. The second kappa shape index (κ2) is 25.1. The van der Waals surface area contributed by atoms with Crippen molar-refractivity contribution in [3.05, 3.63) is 23.5 Å². The number of methoxy groups -OCH3 is 1. The molecule has 0 radical (unpaired) electrons. The van der Waals surface area contributed by atoms with Crippen molar-refractivity contribution in [1.29, 1.82) is 0 Å². The van der Waals surface area contributed by atoms with E-state index in [9.17, 15) is 10.2 Å². The number of ether oxygens (including phenoxy) is 4. The predicted octanol–water partition coefficient (Wildman–Crippen LogP) is 4.27. The lowest BCUT2D eigenvalue weighted by atomic mass is 10.2. The summed E-state index contributed by atoms with van der Waals surface area (Å²) in [5, 5.41) is 18.7. The van der Waals surface area contributed by atoms with Crippen molar-refractivity contribution in [1.82, 2.24) is 9.88 Å². The van der Waals surface area contributed by atoms with E-state index in [1.807, 2.05) is 38.5 Å². The monoisotopic (exact) mass is 538 g/mol. The maximum Gasteiger partial charge on any atom is 0.123 e. The predicted molar refractivity (Wildman–Crippen MR) is 149 cm³/mol. The first-order valence-electron chi connectivity index (χ1n) is 12.4. The Kier molecular flexibility index (Phi) is 26.2. The van der Waals surface area contributed by atoms with Gasteiger partial charge in [0.2, 0.25) is 0 Å². The molecule has 0 spiro atoms. The highest BCUT2D eigenvalue weighted by Crippen LogP contribution is 2.34. The maximum absolute atomic E-state index is 9.33. The van der Waals surface area contributed by atoms with Gasteiger partial charge in [0.05, 0.1) is 57.6 Å². The van der Waals surface area contributed by atoms with Gasteiger partial charge in [0.1, 0.15) is 12.4 Å². The summed E-state index contributed by atoms with van der Waals surface area (Å²) < 4.78 is 22.1. The van der Waals surface area contributed by atoms with Crippen LogP contribution in [-0.4, -0.2) is 97.5 Å². The second-order valence-electron chi connectivity index (χ2n) is 7.45. The lowest BCUT2D eigenvalue weighted by Crippen LogP contribution is -2.40. The quantitative estimate of drug-likeness (QED) is 0.196. The smallest absolute Gasteiger partial charge is 0.123 e. The van der Waals surface area contributed by atoms with E-state index in [-0.39, 0.29) is 18.0 Å². The van der Waals surface area contributed by atoms with Crippen molar-refractivity contribution >= 4 is 21.6 Å². The minimum atomic E-state index is -0.192. The van der Waals surface area contributed by atoms with Crippen molar-refractivity contribution in [3.8, 4) is 5.75 Å². The van der Waals surface area contributed by atoms with Crippen LogP contribution in [0.1, 0.15) is 52.9 Å². The zero-order valence-electron chi connectivity index (χ0n) is 23.2. The van der Waals surface area contributed by atoms with Crippen molar-refractivity contribution in [2.45, 2.75) is 59.5 Å². The molecule has 8 nitrogen and oxygen atoms in total. The fraction of sp³-hybridized carbons (Fsp3) is 0.800. The van der Waals surface area contributed by atoms with Crippen LogP contribution in [0.2, 0.25) is 0 Å². The van der Waals surface area contributed by atoms with Gasteiger partial charge in [0, 0.05) is 43.6 Å². The van der Waals surface area contributed by atoms with E-state index in [1.54, 1.807) is 30.0 Å². The van der Waals surface area contributed by atoms with Crippen molar-refractivity contribution in [2.24, 2.45) is 0 Å². The van der Waals surface area contributed by atoms with E-state index in [2.05, 4.69) is 30.0 Å². The second-order valence-corrected chi connectivity index (χ2v) is 10.6. The zero-order chi connectivity index (χ0) is 27.0. The van der Waals surface area contributed by atoms with Gasteiger partial charge < -0.3 is 29.2 Å². The summed E-state index contributed by atoms with van der Waals surface area (Å²) in [5.74, 6) is 0.602. The van der Waals surface area contributed by atoms with Gasteiger partial charge in [-0.3, -0.25) is 9.88 Å². The molecule has 0 atom stereocenters. The SMILES string of the molecule is CC.CC.COCCOCCOCCN(CCOc1cc(CO)nc(CO)c1)CC(C)(C)SSC. The Hall–Kier alpha value is -0.590. The summed E-state index contributed by atoms with van der Waals surface area (Å²) >= 11 is 0. The molecule has 0 saturated carbocycles. The first-order chi connectivity index (χ1) is 16.9. The molecule has 2 N–H and O–H groups in total. The van der Waals surface area contributed by atoms with Crippen LogP contribution in [0.15, 0.2) is 12.1 Å². The molecule has 0 fully saturated rings. The molecular formula is C25H50N2O6S2. The highest BCUT2D eigenvalue weighted by molar-refractivity contribution is 8.76. The molecule has 0 aliphatic rings. The van der Waals surface area contributed by atoms with Crippen LogP contribution in [0.3, 0.4) is 0 Å². The van der Waals surface area contributed by atoms with E-state index in [0.29, 0.717) is 56.8 Å². The molecular weight excluding hydrogens is 488 g/mol. The largest absolute Gasteiger partial charge is 0.492 e. The number of hydrogen-bond donors (Lipinski definition) is 2. The summed E-state index contributed by atoms with van der Waals surface area (Å²) in [7, 11) is 5.28. The van der Waals surface area contributed by atoms with Crippen LogP contribution in [0.5, 0.6) is 5.75 Å². The highest BCUT2D eigenvalue weighted by atomic mass is 33.1. The van der Waals surface area contributed by atoms with Gasteiger partial charge in [-0.15, -0.1) is 0 Å². The molecule has 1 rings (SSSR count). The standard InChI is InChI=1S/C21H38N2O6S2.2C2H6/c1-21(2,31-30-4)17-23(5-7-27-11-12-28-10-9-26-3)6-8-29-20-13-18(15-24)22-19(14-20)16-25;2*1-2/h13-14,24-25H,5-12,15-17H2,1-4H3;2*1-2H3. The van der Waals surface area contributed by atoms with Crippen molar-refractivity contribution < 1.29 is 29.2 Å². The van der Waals surface area contributed by atoms with E-state index in [1.165, 1.54) is 0 Å². The molecule has 0 bridgehead atoms. The summed E-state index contributed by atoms with van der Waals surface area (Å²) in [6, 6.07) is 3.40. The van der Waals surface area contributed by atoms with E-state index in [4.69, 9.17) is 18.9 Å². The molecule has 1 aromatic rings. The minimum absolute atomic E-state index is 0.0907. The third-order valence-corrected chi connectivity index (χ3v) is 6.77. The number of aliphatic hydroxyl groups is 2. The van der Waals surface area contributed by atoms with E-state index >= 15 is 0 Å². The fourth-order valence-electron chi connectivity index (χ4n) is 2.88. The molecule has 0 saturated heterocycles. The van der Waals surface area contributed by atoms with Gasteiger partial charge in [0.15, 0.2) is 0 Å². The van der Waals surface area contributed by atoms with Crippen LogP contribution in [0, 0.1) is 0 Å². The number of nitrogens with zero attached hydrogens (tertiary/aromatic N) is 2. The number of rotatable bonds is 19. The molecule has 0 aromatic carbocycles. The van der Waals surface area contributed by atoms with Crippen molar-refractivity contribution in [2.75, 3.05) is 72.6 Å². The molecule has 35 heavy (non-hydrogen) atoms. The fourth-order valence-corrected chi connectivity index (χ4v) is 5.07. The third kappa shape index (κ3) is 20.2. The molecule has 208 valence electrons. The Morgan fingerprint density at radius 2 is 1.37 bits per heavy atom. The van der Waals surface area contributed by atoms with Gasteiger partial charge >= 0.3 is 0 Å². The third-order valence-electron chi connectivity index (χ3n) is 4.17. The lowest BCUT2D eigenvalue weighted by molar-refractivity contribution is 0.0184. The van der Waals surface area contributed by atoms with Crippen molar-refractivity contribution in [3.63, 3.8) is 0 Å². The van der Waals surface area contributed by atoms with Crippen LogP contribution >= 0.6 is 21.6 Å².